The van der Waals surface area contributed by atoms with Gasteiger partial charge in [-0.1, -0.05) is 6.92 Å². The second-order valence-corrected chi connectivity index (χ2v) is 8.24. The van der Waals surface area contributed by atoms with E-state index in [0.29, 0.717) is 0 Å². The van der Waals surface area contributed by atoms with Gasteiger partial charge in [0.15, 0.2) is 5.96 Å². The van der Waals surface area contributed by atoms with Crippen molar-refractivity contribution in [1.82, 2.24) is 19.7 Å². The van der Waals surface area contributed by atoms with Gasteiger partial charge in [0.25, 0.3) is 0 Å². The van der Waals surface area contributed by atoms with Gasteiger partial charge in [-0.2, -0.15) is 0 Å². The number of aryl methyl sites for hydroxylation is 1. The summed E-state index contributed by atoms with van der Waals surface area (Å²) < 4.78 is 3.27. The largest absolute Gasteiger partial charge is 0.356 e. The van der Waals surface area contributed by atoms with E-state index in [9.17, 15) is 0 Å². The van der Waals surface area contributed by atoms with Gasteiger partial charge in [-0.25, -0.2) is 0 Å². The molecule has 0 bridgehead atoms. The summed E-state index contributed by atoms with van der Waals surface area (Å²) in [6, 6.07) is 2.16. The highest BCUT2D eigenvalue weighted by Crippen LogP contribution is 2.16. The molecule has 7 heteroatoms. The zero-order valence-electron chi connectivity index (χ0n) is 16.7. The van der Waals surface area contributed by atoms with E-state index in [2.05, 4.69) is 73.9 Å². The number of nitrogens with one attached hydrogen (secondary N) is 1. The Bertz CT molecular complexity index is 552. The number of piperidine rings is 1. The molecule has 5 nitrogen and oxygen atoms in total. The molecule has 150 valence electrons. The Morgan fingerprint density at radius 1 is 1.35 bits per heavy atom. The van der Waals surface area contributed by atoms with Crippen molar-refractivity contribution in [2.24, 2.45) is 18.0 Å². The first-order valence-corrected chi connectivity index (χ1v) is 10.2. The first-order valence-electron chi connectivity index (χ1n) is 9.44. The number of rotatable bonds is 7. The second-order valence-electron chi connectivity index (χ2n) is 7.32. The third-order valence-corrected chi connectivity index (χ3v) is 5.54. The van der Waals surface area contributed by atoms with Crippen LogP contribution in [-0.2, 0) is 13.6 Å². The van der Waals surface area contributed by atoms with Crippen molar-refractivity contribution in [2.75, 3.05) is 40.3 Å². The van der Waals surface area contributed by atoms with Crippen molar-refractivity contribution in [3.8, 4) is 0 Å². The molecule has 2 heterocycles. The lowest BCUT2D eigenvalue weighted by atomic mass is 9.99. The number of hydrogen-bond acceptors (Lipinski definition) is 2. The predicted octanol–water partition coefficient (Wildman–Crippen LogP) is 3.92. The van der Waals surface area contributed by atoms with Crippen LogP contribution in [0.25, 0.3) is 0 Å². The lowest BCUT2D eigenvalue weighted by Crippen LogP contribution is -2.39. The molecule has 0 aliphatic carbocycles. The van der Waals surface area contributed by atoms with E-state index in [1.54, 1.807) is 0 Å². The zero-order chi connectivity index (χ0) is 18.2. The number of aromatic nitrogens is 1. The zero-order valence-corrected chi connectivity index (χ0v) is 20.6. The van der Waals surface area contributed by atoms with Gasteiger partial charge < -0.3 is 19.7 Å². The first kappa shape index (κ1) is 23.8. The fourth-order valence-electron chi connectivity index (χ4n) is 3.37. The normalized spacial score (nSPS) is 16.4. The Morgan fingerprint density at radius 2 is 2.04 bits per heavy atom. The van der Waals surface area contributed by atoms with Crippen LogP contribution < -0.4 is 5.32 Å². The van der Waals surface area contributed by atoms with Crippen LogP contribution in [0, 0.1) is 5.92 Å². The van der Waals surface area contributed by atoms with Crippen LogP contribution in [0.1, 0.15) is 38.3 Å². The minimum absolute atomic E-state index is 0. The Kier molecular flexibility index (Phi) is 11.2. The van der Waals surface area contributed by atoms with E-state index in [1.165, 1.54) is 51.0 Å². The monoisotopic (exact) mass is 539 g/mol. The number of aliphatic imine (C=N–C) groups is 1. The van der Waals surface area contributed by atoms with Crippen LogP contribution in [0.5, 0.6) is 0 Å². The Hall–Kier alpha value is -0.280. The number of hydrogen-bond donors (Lipinski definition) is 1. The topological polar surface area (TPSA) is 35.8 Å². The van der Waals surface area contributed by atoms with Crippen molar-refractivity contribution in [1.29, 1.82) is 0 Å². The average Bonchev–Trinajstić information content (AvgIpc) is 2.89. The summed E-state index contributed by atoms with van der Waals surface area (Å²) in [5.41, 5.74) is 1.26. The molecule has 2 rings (SSSR count). The lowest BCUT2D eigenvalue weighted by molar-refractivity contribution is 0.189. The van der Waals surface area contributed by atoms with E-state index in [0.717, 1.165) is 29.4 Å². The maximum absolute atomic E-state index is 4.42. The fraction of sp³-hybridized carbons (Fsp3) is 0.737. The van der Waals surface area contributed by atoms with Crippen LogP contribution >= 0.6 is 39.9 Å². The minimum Gasteiger partial charge on any atom is -0.356 e. The molecule has 0 spiro atoms. The van der Waals surface area contributed by atoms with E-state index in [-0.39, 0.29) is 24.0 Å². The molecular weight excluding hydrogens is 505 g/mol. The number of guanidine groups is 1. The highest BCUT2D eigenvalue weighted by Gasteiger charge is 2.15. The van der Waals surface area contributed by atoms with Gasteiger partial charge in [-0.05, 0) is 73.2 Å². The van der Waals surface area contributed by atoms with Crippen LogP contribution in [0.3, 0.4) is 0 Å². The van der Waals surface area contributed by atoms with Crippen LogP contribution in [-0.4, -0.2) is 60.6 Å². The minimum atomic E-state index is 0. The molecule has 0 unspecified atom stereocenters. The summed E-state index contributed by atoms with van der Waals surface area (Å²) in [5.74, 6) is 1.88. The summed E-state index contributed by atoms with van der Waals surface area (Å²) in [6.07, 6.45) is 7.26. The molecule has 0 saturated carbocycles. The van der Waals surface area contributed by atoms with Crippen LogP contribution in [0.2, 0.25) is 0 Å². The average molecular weight is 540 g/mol. The highest BCUT2D eigenvalue weighted by molar-refractivity contribution is 14.0. The summed E-state index contributed by atoms with van der Waals surface area (Å²) >= 11 is 3.53. The lowest BCUT2D eigenvalue weighted by Gasteiger charge is -2.30. The van der Waals surface area contributed by atoms with Gasteiger partial charge in [0.1, 0.15) is 0 Å². The fourth-order valence-corrected chi connectivity index (χ4v) is 3.94. The standard InChI is InChI=1S/C19H34BrN5.HI/c1-16-7-11-25(12-8-16)10-6-5-9-22-19(21-2)24(4)15-18-13-17(20)14-23(18)3;/h13-14,16H,5-12,15H2,1-4H3,(H,21,22);1H. The molecule has 1 saturated heterocycles. The van der Waals surface area contributed by atoms with Gasteiger partial charge >= 0.3 is 0 Å². The number of halogens is 2. The Balaban J connectivity index is 0.00000338. The molecule has 1 aromatic rings. The van der Waals surface area contributed by atoms with E-state index < -0.39 is 0 Å². The summed E-state index contributed by atoms with van der Waals surface area (Å²) in [6.45, 7) is 8.00. The molecular formula is C19H35BrIN5. The molecule has 1 fully saturated rings. The molecule has 0 aromatic carbocycles. The maximum Gasteiger partial charge on any atom is 0.193 e. The van der Waals surface area contributed by atoms with Crippen LogP contribution in [0.15, 0.2) is 21.7 Å². The van der Waals surface area contributed by atoms with Gasteiger partial charge in [0.2, 0.25) is 0 Å². The predicted molar refractivity (Wildman–Crippen MR) is 125 cm³/mol. The summed E-state index contributed by atoms with van der Waals surface area (Å²) in [7, 11) is 6.02. The molecule has 1 aliphatic heterocycles. The molecule has 0 amide bonds. The van der Waals surface area contributed by atoms with Crippen molar-refractivity contribution < 1.29 is 0 Å². The number of nitrogens with zero attached hydrogens (tertiary/aromatic N) is 4. The smallest absolute Gasteiger partial charge is 0.193 e. The maximum atomic E-state index is 4.42. The SMILES string of the molecule is CN=C(NCCCCN1CCC(C)CC1)N(C)Cc1cc(Br)cn1C.I. The summed E-state index contributed by atoms with van der Waals surface area (Å²) in [5, 5.41) is 3.50. The highest BCUT2D eigenvalue weighted by atomic mass is 127. The second kappa shape index (κ2) is 12.2. The van der Waals surface area contributed by atoms with Gasteiger partial charge in [0, 0.05) is 44.1 Å². The summed E-state index contributed by atoms with van der Waals surface area (Å²) in [4.78, 5) is 9.21. The van der Waals surface area contributed by atoms with Gasteiger partial charge in [-0.3, -0.25) is 4.99 Å². The van der Waals surface area contributed by atoms with E-state index in [1.807, 2.05) is 7.05 Å². The Labute approximate surface area is 184 Å². The molecule has 1 N–H and O–H groups in total. The van der Waals surface area contributed by atoms with Crippen molar-refractivity contribution in [3.63, 3.8) is 0 Å². The van der Waals surface area contributed by atoms with Crippen molar-refractivity contribution in [3.05, 3.63) is 22.4 Å². The molecule has 26 heavy (non-hydrogen) atoms. The van der Waals surface area contributed by atoms with E-state index >= 15 is 0 Å². The first-order chi connectivity index (χ1) is 12.0. The van der Waals surface area contributed by atoms with Gasteiger partial charge in [0.05, 0.1) is 6.54 Å². The third-order valence-electron chi connectivity index (χ3n) is 5.11. The molecule has 0 atom stereocenters. The molecule has 1 aromatic heterocycles. The number of likely N-dealkylation sites (tertiary alicyclic amines) is 1. The molecule has 1 aliphatic rings. The Morgan fingerprint density at radius 3 is 2.62 bits per heavy atom. The quantitative estimate of drug-likeness (QED) is 0.247. The number of unbranched alkanes of at least 4 members (excludes halogenated alkanes) is 1. The third kappa shape index (κ3) is 7.76. The van der Waals surface area contributed by atoms with E-state index in [4.69, 9.17) is 0 Å². The van der Waals surface area contributed by atoms with Crippen LogP contribution in [0.4, 0.5) is 0 Å². The van der Waals surface area contributed by atoms with Crippen molar-refractivity contribution in [2.45, 2.75) is 39.2 Å². The van der Waals surface area contributed by atoms with Crippen molar-refractivity contribution >= 4 is 45.9 Å². The van der Waals surface area contributed by atoms with Gasteiger partial charge in [-0.15, -0.1) is 24.0 Å². The molecule has 0 radical (unpaired) electrons.